The summed E-state index contributed by atoms with van der Waals surface area (Å²) < 4.78 is 0. The lowest BCUT2D eigenvalue weighted by Crippen LogP contribution is -2.42. The van der Waals surface area contributed by atoms with Crippen LogP contribution in [0.2, 0.25) is 0 Å². The molecule has 0 aromatic rings. The lowest BCUT2D eigenvalue weighted by atomic mass is 9.90. The van der Waals surface area contributed by atoms with Crippen LogP contribution in [-0.4, -0.2) is 29.6 Å². The molecule has 94 valence electrons. The standard InChI is InChI=1S/C14H28N2/c1-11(2)9-10-16(14-7-8-14)13-5-3-12(15)4-6-13/h11-14H,3-10,15H2,1-2H3. The molecule has 2 rings (SSSR count). The lowest BCUT2D eigenvalue weighted by Gasteiger charge is -2.36. The molecule has 0 aromatic heterocycles. The fourth-order valence-corrected chi connectivity index (χ4v) is 2.91. The van der Waals surface area contributed by atoms with E-state index in [0.29, 0.717) is 6.04 Å². The fourth-order valence-electron chi connectivity index (χ4n) is 2.91. The zero-order valence-corrected chi connectivity index (χ0v) is 11.0. The zero-order chi connectivity index (χ0) is 11.5. The first-order valence-electron chi connectivity index (χ1n) is 7.18. The van der Waals surface area contributed by atoms with E-state index in [-0.39, 0.29) is 0 Å². The zero-order valence-electron chi connectivity index (χ0n) is 11.0. The Balaban J connectivity index is 1.81. The predicted molar refractivity (Wildman–Crippen MR) is 69.4 cm³/mol. The highest BCUT2D eigenvalue weighted by Crippen LogP contribution is 2.33. The van der Waals surface area contributed by atoms with Crippen LogP contribution in [0.4, 0.5) is 0 Å². The highest BCUT2D eigenvalue weighted by molar-refractivity contribution is 4.91. The Hall–Kier alpha value is -0.0800. The van der Waals surface area contributed by atoms with Crippen molar-refractivity contribution in [1.29, 1.82) is 0 Å². The maximum Gasteiger partial charge on any atom is 0.00993 e. The summed E-state index contributed by atoms with van der Waals surface area (Å²) in [6.45, 7) is 5.99. The van der Waals surface area contributed by atoms with E-state index >= 15 is 0 Å². The van der Waals surface area contributed by atoms with Gasteiger partial charge in [-0.3, -0.25) is 4.90 Å². The van der Waals surface area contributed by atoms with Crippen LogP contribution < -0.4 is 5.73 Å². The maximum absolute atomic E-state index is 5.99. The molecule has 0 spiro atoms. The molecule has 2 aliphatic carbocycles. The van der Waals surface area contributed by atoms with E-state index in [1.54, 1.807) is 0 Å². The quantitative estimate of drug-likeness (QED) is 0.778. The molecule has 0 aliphatic heterocycles. The SMILES string of the molecule is CC(C)CCN(C1CCC(N)CC1)C1CC1. The molecule has 2 nitrogen and oxygen atoms in total. The van der Waals surface area contributed by atoms with Crippen molar-refractivity contribution in [2.24, 2.45) is 11.7 Å². The van der Waals surface area contributed by atoms with Gasteiger partial charge < -0.3 is 5.73 Å². The molecule has 16 heavy (non-hydrogen) atoms. The molecule has 2 heteroatoms. The topological polar surface area (TPSA) is 29.3 Å². The molecule has 2 N–H and O–H groups in total. The summed E-state index contributed by atoms with van der Waals surface area (Å²) in [6.07, 6.45) is 9.43. The Bertz CT molecular complexity index is 203. The van der Waals surface area contributed by atoms with E-state index in [2.05, 4.69) is 18.7 Å². The minimum absolute atomic E-state index is 0.488. The van der Waals surface area contributed by atoms with Gasteiger partial charge in [0, 0.05) is 18.1 Å². The van der Waals surface area contributed by atoms with Crippen LogP contribution in [-0.2, 0) is 0 Å². The molecular formula is C14H28N2. The van der Waals surface area contributed by atoms with Gasteiger partial charge in [-0.2, -0.15) is 0 Å². The molecule has 0 heterocycles. The van der Waals surface area contributed by atoms with Crippen molar-refractivity contribution in [3.05, 3.63) is 0 Å². The Kier molecular flexibility index (Phi) is 4.26. The predicted octanol–water partition coefficient (Wildman–Crippen LogP) is 2.77. The van der Waals surface area contributed by atoms with Gasteiger partial charge in [0.2, 0.25) is 0 Å². The maximum atomic E-state index is 5.99. The Labute approximate surface area is 101 Å². The van der Waals surface area contributed by atoms with Crippen molar-refractivity contribution in [1.82, 2.24) is 4.90 Å². The Morgan fingerprint density at radius 2 is 1.50 bits per heavy atom. The normalized spacial score (nSPS) is 31.3. The van der Waals surface area contributed by atoms with E-state index in [0.717, 1.165) is 18.0 Å². The van der Waals surface area contributed by atoms with E-state index < -0.39 is 0 Å². The summed E-state index contributed by atoms with van der Waals surface area (Å²) in [6, 6.07) is 2.27. The first-order valence-corrected chi connectivity index (χ1v) is 7.18. The van der Waals surface area contributed by atoms with Crippen LogP contribution in [0.5, 0.6) is 0 Å². The van der Waals surface area contributed by atoms with E-state index in [1.165, 1.54) is 51.5 Å². The summed E-state index contributed by atoms with van der Waals surface area (Å²) >= 11 is 0. The van der Waals surface area contributed by atoms with Crippen LogP contribution in [0.3, 0.4) is 0 Å². The van der Waals surface area contributed by atoms with Crippen molar-refractivity contribution in [2.75, 3.05) is 6.54 Å². The van der Waals surface area contributed by atoms with Crippen molar-refractivity contribution in [3.63, 3.8) is 0 Å². The highest BCUT2D eigenvalue weighted by Gasteiger charge is 2.34. The van der Waals surface area contributed by atoms with Gasteiger partial charge in [-0.15, -0.1) is 0 Å². The number of hydrogen-bond donors (Lipinski definition) is 1. The van der Waals surface area contributed by atoms with Gasteiger partial charge in [-0.25, -0.2) is 0 Å². The second-order valence-corrected chi connectivity index (χ2v) is 6.22. The third kappa shape index (κ3) is 3.46. The lowest BCUT2D eigenvalue weighted by molar-refractivity contribution is 0.134. The average molecular weight is 224 g/mol. The van der Waals surface area contributed by atoms with Gasteiger partial charge in [-0.1, -0.05) is 13.8 Å². The molecule has 0 amide bonds. The summed E-state index contributed by atoms with van der Waals surface area (Å²) in [5.41, 5.74) is 5.99. The molecule has 0 bridgehead atoms. The van der Waals surface area contributed by atoms with Crippen molar-refractivity contribution in [3.8, 4) is 0 Å². The largest absolute Gasteiger partial charge is 0.328 e. The highest BCUT2D eigenvalue weighted by atomic mass is 15.2. The van der Waals surface area contributed by atoms with Crippen LogP contribution >= 0.6 is 0 Å². The third-order valence-electron chi connectivity index (χ3n) is 4.19. The first-order chi connectivity index (χ1) is 7.66. The van der Waals surface area contributed by atoms with Crippen molar-refractivity contribution < 1.29 is 0 Å². The smallest absolute Gasteiger partial charge is 0.00993 e. The van der Waals surface area contributed by atoms with Crippen LogP contribution in [0.15, 0.2) is 0 Å². The molecule has 0 atom stereocenters. The number of nitrogens with two attached hydrogens (primary N) is 1. The van der Waals surface area contributed by atoms with E-state index in [1.807, 2.05) is 0 Å². The van der Waals surface area contributed by atoms with Gasteiger partial charge in [0.1, 0.15) is 0 Å². The Morgan fingerprint density at radius 3 is 1.94 bits per heavy atom. The number of hydrogen-bond acceptors (Lipinski definition) is 2. The van der Waals surface area contributed by atoms with Crippen LogP contribution in [0.1, 0.15) is 58.8 Å². The molecule has 2 aliphatic rings. The van der Waals surface area contributed by atoms with Gasteiger partial charge in [-0.05, 0) is 57.4 Å². The van der Waals surface area contributed by atoms with Gasteiger partial charge >= 0.3 is 0 Å². The van der Waals surface area contributed by atoms with Crippen molar-refractivity contribution >= 4 is 0 Å². The molecule has 0 saturated heterocycles. The fraction of sp³-hybridized carbons (Fsp3) is 1.00. The van der Waals surface area contributed by atoms with Crippen LogP contribution in [0, 0.1) is 5.92 Å². The molecule has 0 unspecified atom stereocenters. The Morgan fingerprint density at radius 1 is 1.00 bits per heavy atom. The van der Waals surface area contributed by atoms with Gasteiger partial charge in [0.15, 0.2) is 0 Å². The number of nitrogens with zero attached hydrogens (tertiary/aromatic N) is 1. The minimum Gasteiger partial charge on any atom is -0.328 e. The summed E-state index contributed by atoms with van der Waals surface area (Å²) in [5.74, 6) is 0.840. The number of rotatable bonds is 5. The van der Waals surface area contributed by atoms with E-state index in [4.69, 9.17) is 5.73 Å². The second kappa shape index (κ2) is 5.50. The second-order valence-electron chi connectivity index (χ2n) is 6.22. The summed E-state index contributed by atoms with van der Waals surface area (Å²) in [7, 11) is 0. The first kappa shape index (κ1) is 12.4. The minimum atomic E-state index is 0.488. The third-order valence-corrected chi connectivity index (χ3v) is 4.19. The van der Waals surface area contributed by atoms with Crippen molar-refractivity contribution in [2.45, 2.75) is 76.9 Å². The molecule has 2 saturated carbocycles. The summed E-state index contributed by atoms with van der Waals surface area (Å²) in [5, 5.41) is 0. The average Bonchev–Trinajstić information content (AvgIpc) is 3.04. The van der Waals surface area contributed by atoms with Crippen LogP contribution in [0.25, 0.3) is 0 Å². The monoisotopic (exact) mass is 224 g/mol. The summed E-state index contributed by atoms with van der Waals surface area (Å²) in [4.78, 5) is 2.81. The molecule has 0 aromatic carbocycles. The van der Waals surface area contributed by atoms with Gasteiger partial charge in [0.25, 0.3) is 0 Å². The van der Waals surface area contributed by atoms with E-state index in [9.17, 15) is 0 Å². The molecule has 2 fully saturated rings. The molecular weight excluding hydrogens is 196 g/mol. The van der Waals surface area contributed by atoms with Gasteiger partial charge in [0.05, 0.1) is 0 Å². The molecule has 0 radical (unpaired) electrons.